The number of carbonyl (C=O) groups is 1. The van der Waals surface area contributed by atoms with Gasteiger partial charge in [0.25, 0.3) is 11.6 Å². The summed E-state index contributed by atoms with van der Waals surface area (Å²) in [6.07, 6.45) is 4.70. The van der Waals surface area contributed by atoms with Gasteiger partial charge in [-0.2, -0.15) is 0 Å². The Bertz CT molecular complexity index is 574. The molecule has 0 spiro atoms. The van der Waals surface area contributed by atoms with E-state index in [4.69, 9.17) is 0 Å². The van der Waals surface area contributed by atoms with Crippen molar-refractivity contribution < 1.29 is 9.72 Å². The summed E-state index contributed by atoms with van der Waals surface area (Å²) in [5.41, 5.74) is 1.08. The summed E-state index contributed by atoms with van der Waals surface area (Å²) >= 11 is 0. The number of rotatable bonds is 6. The highest BCUT2D eigenvalue weighted by atomic mass is 16.6. The SMILES string of the molecule is Cc1ccc([N+](=O)[O-])cc1C(=O)NCCCN1CCCCC1C. The molecule has 6 heteroatoms. The van der Waals surface area contributed by atoms with Gasteiger partial charge < -0.3 is 10.2 Å². The van der Waals surface area contributed by atoms with Gasteiger partial charge in [-0.05, 0) is 45.2 Å². The predicted molar refractivity (Wildman–Crippen MR) is 89.7 cm³/mol. The van der Waals surface area contributed by atoms with E-state index >= 15 is 0 Å². The van der Waals surface area contributed by atoms with Crippen molar-refractivity contribution in [2.75, 3.05) is 19.6 Å². The maximum Gasteiger partial charge on any atom is 0.270 e. The number of piperidine rings is 1. The summed E-state index contributed by atoms with van der Waals surface area (Å²) in [6, 6.07) is 5.00. The van der Waals surface area contributed by atoms with Crippen molar-refractivity contribution in [3.05, 3.63) is 39.4 Å². The minimum absolute atomic E-state index is 0.0529. The van der Waals surface area contributed by atoms with E-state index in [0.717, 1.165) is 25.1 Å². The van der Waals surface area contributed by atoms with Crippen LogP contribution in [0.1, 0.15) is 48.5 Å². The lowest BCUT2D eigenvalue weighted by Crippen LogP contribution is -2.39. The van der Waals surface area contributed by atoms with E-state index in [1.165, 1.54) is 31.4 Å². The van der Waals surface area contributed by atoms with Crippen LogP contribution in [0.2, 0.25) is 0 Å². The number of nitro groups is 1. The zero-order valence-electron chi connectivity index (χ0n) is 13.9. The van der Waals surface area contributed by atoms with Gasteiger partial charge in [0.05, 0.1) is 4.92 Å². The van der Waals surface area contributed by atoms with Crippen LogP contribution in [0.15, 0.2) is 18.2 Å². The van der Waals surface area contributed by atoms with Crippen LogP contribution in [0.25, 0.3) is 0 Å². The van der Waals surface area contributed by atoms with Crippen LogP contribution in [-0.2, 0) is 0 Å². The molecule has 0 aliphatic carbocycles. The highest BCUT2D eigenvalue weighted by molar-refractivity contribution is 5.96. The number of carbonyl (C=O) groups excluding carboxylic acids is 1. The summed E-state index contributed by atoms with van der Waals surface area (Å²) in [6.45, 7) is 6.75. The molecule has 1 amide bonds. The number of non-ortho nitro benzene ring substituents is 1. The second-order valence-corrected chi connectivity index (χ2v) is 6.25. The van der Waals surface area contributed by atoms with Gasteiger partial charge in [0.1, 0.15) is 0 Å². The molecule has 1 aliphatic rings. The van der Waals surface area contributed by atoms with Gasteiger partial charge in [0, 0.05) is 36.8 Å². The molecule has 0 aromatic heterocycles. The summed E-state index contributed by atoms with van der Waals surface area (Å²) < 4.78 is 0. The number of likely N-dealkylation sites (tertiary alicyclic amines) is 1. The van der Waals surface area contributed by atoms with E-state index in [9.17, 15) is 14.9 Å². The van der Waals surface area contributed by atoms with Crippen LogP contribution in [0.5, 0.6) is 0 Å². The van der Waals surface area contributed by atoms with E-state index in [1.54, 1.807) is 13.0 Å². The fraction of sp³-hybridized carbons (Fsp3) is 0.588. The lowest BCUT2D eigenvalue weighted by atomic mass is 10.0. The third-order valence-corrected chi connectivity index (χ3v) is 4.52. The van der Waals surface area contributed by atoms with Gasteiger partial charge in [-0.3, -0.25) is 14.9 Å². The van der Waals surface area contributed by atoms with Crippen molar-refractivity contribution in [1.82, 2.24) is 10.2 Å². The molecule has 1 saturated heterocycles. The smallest absolute Gasteiger partial charge is 0.270 e. The normalized spacial score (nSPS) is 18.6. The Labute approximate surface area is 137 Å². The third kappa shape index (κ3) is 4.76. The molecular weight excluding hydrogens is 294 g/mol. The number of hydrogen-bond donors (Lipinski definition) is 1. The Hall–Kier alpha value is -1.95. The van der Waals surface area contributed by atoms with E-state index in [0.29, 0.717) is 18.2 Å². The molecular formula is C17H25N3O3. The molecule has 1 N–H and O–H groups in total. The van der Waals surface area contributed by atoms with Crippen LogP contribution in [0, 0.1) is 17.0 Å². The highest BCUT2D eigenvalue weighted by Gasteiger charge is 2.18. The molecule has 6 nitrogen and oxygen atoms in total. The summed E-state index contributed by atoms with van der Waals surface area (Å²) in [4.78, 5) is 25.0. The van der Waals surface area contributed by atoms with Gasteiger partial charge in [0.2, 0.25) is 0 Å². The summed E-state index contributed by atoms with van der Waals surface area (Å²) in [7, 11) is 0. The van der Waals surface area contributed by atoms with E-state index in [1.807, 2.05) is 0 Å². The predicted octanol–water partition coefficient (Wildman–Crippen LogP) is 2.90. The monoisotopic (exact) mass is 319 g/mol. The molecule has 1 fully saturated rings. The maximum atomic E-state index is 12.2. The first-order valence-electron chi connectivity index (χ1n) is 8.26. The number of nitro benzene ring substituents is 1. The molecule has 1 aromatic carbocycles. The van der Waals surface area contributed by atoms with Crippen LogP contribution in [0.3, 0.4) is 0 Å². The molecule has 0 saturated carbocycles. The molecule has 0 bridgehead atoms. The molecule has 1 unspecified atom stereocenters. The number of benzene rings is 1. The molecule has 2 rings (SSSR count). The second-order valence-electron chi connectivity index (χ2n) is 6.25. The van der Waals surface area contributed by atoms with Crippen LogP contribution >= 0.6 is 0 Å². The largest absolute Gasteiger partial charge is 0.352 e. The van der Waals surface area contributed by atoms with Crippen molar-refractivity contribution >= 4 is 11.6 Å². The van der Waals surface area contributed by atoms with Crippen molar-refractivity contribution in [3.63, 3.8) is 0 Å². The Morgan fingerprint density at radius 3 is 2.91 bits per heavy atom. The van der Waals surface area contributed by atoms with E-state index < -0.39 is 4.92 Å². The first-order valence-corrected chi connectivity index (χ1v) is 8.26. The molecule has 126 valence electrons. The van der Waals surface area contributed by atoms with Crippen molar-refractivity contribution in [3.8, 4) is 0 Å². The van der Waals surface area contributed by atoms with E-state index in [2.05, 4.69) is 17.1 Å². The number of amides is 1. The Balaban J connectivity index is 1.83. The van der Waals surface area contributed by atoms with Crippen molar-refractivity contribution in [2.24, 2.45) is 0 Å². The molecule has 23 heavy (non-hydrogen) atoms. The first-order chi connectivity index (χ1) is 11.0. The molecule has 1 heterocycles. The molecule has 1 aromatic rings. The topological polar surface area (TPSA) is 75.5 Å². The molecule has 1 atom stereocenters. The zero-order chi connectivity index (χ0) is 16.8. The van der Waals surface area contributed by atoms with E-state index in [-0.39, 0.29) is 11.6 Å². The molecule has 0 radical (unpaired) electrons. The zero-order valence-corrected chi connectivity index (χ0v) is 13.9. The quantitative estimate of drug-likeness (QED) is 0.497. The minimum Gasteiger partial charge on any atom is -0.352 e. The van der Waals surface area contributed by atoms with Crippen molar-refractivity contribution in [2.45, 2.75) is 45.6 Å². The second kappa shape index (κ2) is 8.06. The van der Waals surface area contributed by atoms with Gasteiger partial charge in [-0.25, -0.2) is 0 Å². The van der Waals surface area contributed by atoms with Crippen LogP contribution in [-0.4, -0.2) is 41.4 Å². The Morgan fingerprint density at radius 1 is 1.43 bits per heavy atom. The summed E-state index contributed by atoms with van der Waals surface area (Å²) in [5, 5.41) is 13.7. The van der Waals surface area contributed by atoms with Crippen molar-refractivity contribution in [1.29, 1.82) is 0 Å². The Morgan fingerprint density at radius 2 is 2.22 bits per heavy atom. The van der Waals surface area contributed by atoms with Gasteiger partial charge in [-0.15, -0.1) is 0 Å². The van der Waals surface area contributed by atoms with Crippen LogP contribution in [0.4, 0.5) is 5.69 Å². The lowest BCUT2D eigenvalue weighted by molar-refractivity contribution is -0.384. The number of aryl methyl sites for hydroxylation is 1. The number of hydrogen-bond acceptors (Lipinski definition) is 4. The number of nitrogens with zero attached hydrogens (tertiary/aromatic N) is 2. The van der Waals surface area contributed by atoms with Crippen LogP contribution < -0.4 is 5.32 Å². The van der Waals surface area contributed by atoms with Gasteiger partial charge >= 0.3 is 0 Å². The maximum absolute atomic E-state index is 12.2. The average Bonchev–Trinajstić information content (AvgIpc) is 2.53. The number of nitrogens with one attached hydrogen (secondary N) is 1. The fourth-order valence-corrected chi connectivity index (χ4v) is 3.04. The minimum atomic E-state index is -0.478. The third-order valence-electron chi connectivity index (χ3n) is 4.52. The molecule has 1 aliphatic heterocycles. The highest BCUT2D eigenvalue weighted by Crippen LogP contribution is 2.18. The van der Waals surface area contributed by atoms with Gasteiger partial charge in [-0.1, -0.05) is 12.5 Å². The Kier molecular flexibility index (Phi) is 6.10. The lowest BCUT2D eigenvalue weighted by Gasteiger charge is -2.33. The fourth-order valence-electron chi connectivity index (χ4n) is 3.04. The summed E-state index contributed by atoms with van der Waals surface area (Å²) in [5.74, 6) is -0.238. The standard InChI is InChI=1S/C17H25N3O3/c1-13-7-8-15(20(22)23)12-16(13)17(21)18-9-5-11-19-10-4-3-6-14(19)2/h7-8,12,14H,3-6,9-11H2,1-2H3,(H,18,21). The van der Waals surface area contributed by atoms with Gasteiger partial charge in [0.15, 0.2) is 0 Å². The average molecular weight is 319 g/mol. The first kappa shape index (κ1) is 17.4.